The van der Waals surface area contributed by atoms with Crippen molar-refractivity contribution >= 4 is 17.4 Å². The number of hydrogen-bond acceptors (Lipinski definition) is 4. The Hall–Kier alpha value is -2.73. The van der Waals surface area contributed by atoms with Crippen LogP contribution in [0.1, 0.15) is 11.1 Å². The fourth-order valence-electron chi connectivity index (χ4n) is 2.57. The molecule has 0 amide bonds. The van der Waals surface area contributed by atoms with Gasteiger partial charge in [-0.2, -0.15) is 8.78 Å². The standard InChI is InChI=1S/C19H14ClF2NO3/c20-17-9-13(4-5-16(17)18-10-23-11-25-18)7-14(24)6-12-2-1-3-15(8-12)26-19(21)22/h1-5,8-11,19H,6-7H2. The third-order valence-corrected chi connectivity index (χ3v) is 3.97. The first kappa shape index (κ1) is 18.1. The molecule has 0 saturated carbocycles. The highest BCUT2D eigenvalue weighted by atomic mass is 35.5. The van der Waals surface area contributed by atoms with Gasteiger partial charge in [0, 0.05) is 18.4 Å². The molecule has 0 unspecified atom stereocenters. The summed E-state index contributed by atoms with van der Waals surface area (Å²) in [6, 6.07) is 11.4. The maximum atomic E-state index is 12.3. The number of ether oxygens (including phenoxy) is 1. The number of hydrogen-bond donors (Lipinski definition) is 0. The van der Waals surface area contributed by atoms with E-state index in [-0.39, 0.29) is 24.4 Å². The molecule has 0 aliphatic rings. The fourth-order valence-corrected chi connectivity index (χ4v) is 2.86. The Balaban J connectivity index is 1.66. The summed E-state index contributed by atoms with van der Waals surface area (Å²) in [5.41, 5.74) is 2.05. The summed E-state index contributed by atoms with van der Waals surface area (Å²) >= 11 is 6.25. The van der Waals surface area contributed by atoms with Crippen LogP contribution in [0.2, 0.25) is 5.02 Å². The second kappa shape index (κ2) is 8.10. The van der Waals surface area contributed by atoms with Gasteiger partial charge < -0.3 is 9.15 Å². The molecule has 134 valence electrons. The average molecular weight is 378 g/mol. The lowest BCUT2D eigenvalue weighted by Crippen LogP contribution is -2.07. The van der Waals surface area contributed by atoms with Gasteiger partial charge in [-0.25, -0.2) is 4.98 Å². The zero-order chi connectivity index (χ0) is 18.5. The van der Waals surface area contributed by atoms with Crippen LogP contribution < -0.4 is 4.74 Å². The second-order valence-corrected chi connectivity index (χ2v) is 6.01. The number of rotatable bonds is 7. The average Bonchev–Trinajstić information content (AvgIpc) is 3.08. The predicted molar refractivity (Wildman–Crippen MR) is 92.4 cm³/mol. The summed E-state index contributed by atoms with van der Waals surface area (Å²) in [7, 11) is 0. The number of nitrogens with zero attached hydrogens (tertiary/aromatic N) is 1. The van der Waals surface area contributed by atoms with E-state index in [2.05, 4.69) is 9.72 Å². The molecule has 0 aliphatic heterocycles. The van der Waals surface area contributed by atoms with Gasteiger partial charge in [-0.05, 0) is 35.4 Å². The molecule has 3 rings (SSSR count). The first-order valence-corrected chi connectivity index (χ1v) is 8.12. The lowest BCUT2D eigenvalue weighted by atomic mass is 10.0. The third kappa shape index (κ3) is 4.67. The number of halogens is 3. The van der Waals surface area contributed by atoms with Gasteiger partial charge in [-0.1, -0.05) is 29.8 Å². The molecule has 0 saturated heterocycles. The molecule has 4 nitrogen and oxygen atoms in total. The van der Waals surface area contributed by atoms with E-state index < -0.39 is 6.61 Å². The van der Waals surface area contributed by atoms with Crippen molar-refractivity contribution in [1.82, 2.24) is 4.98 Å². The van der Waals surface area contributed by atoms with Crippen LogP contribution in [0.25, 0.3) is 11.3 Å². The molecular formula is C19H14ClF2NO3. The molecule has 0 spiro atoms. The minimum atomic E-state index is -2.90. The zero-order valence-electron chi connectivity index (χ0n) is 13.5. The summed E-state index contributed by atoms with van der Waals surface area (Å²) in [4.78, 5) is 16.1. The number of carbonyl (C=O) groups is 1. The molecule has 0 bridgehead atoms. The lowest BCUT2D eigenvalue weighted by Gasteiger charge is -2.07. The Labute approximate surface area is 153 Å². The van der Waals surface area contributed by atoms with Crippen LogP contribution in [0, 0.1) is 0 Å². The number of ketones is 1. The Bertz CT molecular complexity index is 898. The van der Waals surface area contributed by atoms with Gasteiger partial charge in [-0.15, -0.1) is 0 Å². The summed E-state index contributed by atoms with van der Waals surface area (Å²) in [5, 5.41) is 0.458. The van der Waals surface area contributed by atoms with Crippen LogP contribution in [0.4, 0.5) is 8.78 Å². The van der Waals surface area contributed by atoms with Crippen LogP contribution >= 0.6 is 11.6 Å². The van der Waals surface area contributed by atoms with E-state index in [4.69, 9.17) is 16.0 Å². The highest BCUT2D eigenvalue weighted by molar-refractivity contribution is 6.33. The molecule has 0 aliphatic carbocycles. The van der Waals surface area contributed by atoms with Crippen LogP contribution in [0.3, 0.4) is 0 Å². The number of Topliss-reactive ketones (excluding diaryl/α,β-unsaturated/α-hetero) is 1. The minimum Gasteiger partial charge on any atom is -0.443 e. The van der Waals surface area contributed by atoms with E-state index in [0.29, 0.717) is 21.9 Å². The number of benzene rings is 2. The van der Waals surface area contributed by atoms with Gasteiger partial charge in [-0.3, -0.25) is 4.79 Å². The number of oxazole rings is 1. The van der Waals surface area contributed by atoms with E-state index >= 15 is 0 Å². The highest BCUT2D eigenvalue weighted by Crippen LogP contribution is 2.28. The number of aromatic nitrogens is 1. The molecular weight excluding hydrogens is 364 g/mol. The van der Waals surface area contributed by atoms with Crippen molar-refractivity contribution in [2.24, 2.45) is 0 Å². The van der Waals surface area contributed by atoms with Crippen molar-refractivity contribution in [3.63, 3.8) is 0 Å². The van der Waals surface area contributed by atoms with Crippen LogP contribution in [0.5, 0.6) is 5.75 Å². The van der Waals surface area contributed by atoms with Crippen molar-refractivity contribution in [1.29, 1.82) is 0 Å². The van der Waals surface area contributed by atoms with E-state index in [1.807, 2.05) is 0 Å². The van der Waals surface area contributed by atoms with Crippen LogP contribution in [0.15, 0.2) is 59.5 Å². The predicted octanol–water partition coefficient (Wildman–Crippen LogP) is 4.95. The molecule has 7 heteroatoms. The van der Waals surface area contributed by atoms with Crippen molar-refractivity contribution < 1.29 is 22.7 Å². The quantitative estimate of drug-likeness (QED) is 0.584. The number of carbonyl (C=O) groups excluding carboxylic acids is 1. The monoisotopic (exact) mass is 377 g/mol. The first-order chi connectivity index (χ1) is 12.5. The minimum absolute atomic E-state index is 0.0322. The summed E-state index contributed by atoms with van der Waals surface area (Å²) in [6.07, 6.45) is 3.16. The third-order valence-electron chi connectivity index (χ3n) is 3.66. The van der Waals surface area contributed by atoms with E-state index in [9.17, 15) is 13.6 Å². The van der Waals surface area contributed by atoms with Crippen LogP contribution in [-0.4, -0.2) is 17.4 Å². The molecule has 2 aromatic carbocycles. The smallest absolute Gasteiger partial charge is 0.387 e. The molecule has 3 aromatic rings. The topological polar surface area (TPSA) is 52.3 Å². The molecule has 1 heterocycles. The van der Waals surface area contributed by atoms with Crippen molar-refractivity contribution in [3.8, 4) is 17.1 Å². The van der Waals surface area contributed by atoms with E-state index in [0.717, 1.165) is 5.56 Å². The van der Waals surface area contributed by atoms with Gasteiger partial charge in [0.15, 0.2) is 12.2 Å². The normalized spacial score (nSPS) is 10.9. The Kier molecular flexibility index (Phi) is 5.63. The molecule has 1 aromatic heterocycles. The molecule has 26 heavy (non-hydrogen) atoms. The van der Waals surface area contributed by atoms with E-state index in [1.165, 1.54) is 18.5 Å². The lowest BCUT2D eigenvalue weighted by molar-refractivity contribution is -0.117. The van der Waals surface area contributed by atoms with Gasteiger partial charge in [0.1, 0.15) is 11.5 Å². The van der Waals surface area contributed by atoms with E-state index in [1.54, 1.807) is 36.5 Å². The maximum absolute atomic E-state index is 12.3. The Morgan fingerprint density at radius 2 is 1.92 bits per heavy atom. The SMILES string of the molecule is O=C(Cc1cccc(OC(F)F)c1)Cc1ccc(-c2cnco2)c(Cl)c1. The number of alkyl halides is 2. The Morgan fingerprint density at radius 1 is 1.15 bits per heavy atom. The summed E-state index contributed by atoms with van der Waals surface area (Å²) in [5.74, 6) is 0.510. The van der Waals surface area contributed by atoms with Gasteiger partial charge in [0.05, 0.1) is 11.2 Å². The van der Waals surface area contributed by atoms with Crippen molar-refractivity contribution in [2.45, 2.75) is 19.5 Å². The maximum Gasteiger partial charge on any atom is 0.387 e. The van der Waals surface area contributed by atoms with Crippen molar-refractivity contribution in [3.05, 3.63) is 71.2 Å². The van der Waals surface area contributed by atoms with Crippen molar-refractivity contribution in [2.75, 3.05) is 0 Å². The van der Waals surface area contributed by atoms with Crippen LogP contribution in [-0.2, 0) is 17.6 Å². The molecule has 0 radical (unpaired) electrons. The first-order valence-electron chi connectivity index (χ1n) is 7.74. The van der Waals surface area contributed by atoms with Gasteiger partial charge in [0.2, 0.25) is 0 Å². The summed E-state index contributed by atoms with van der Waals surface area (Å²) in [6.45, 7) is -2.90. The molecule has 0 fully saturated rings. The molecule has 0 atom stereocenters. The highest BCUT2D eigenvalue weighted by Gasteiger charge is 2.11. The second-order valence-electron chi connectivity index (χ2n) is 5.60. The fraction of sp³-hybridized carbons (Fsp3) is 0.158. The summed E-state index contributed by atoms with van der Waals surface area (Å²) < 4.78 is 34.1. The zero-order valence-corrected chi connectivity index (χ0v) is 14.2. The van der Waals surface area contributed by atoms with Gasteiger partial charge >= 0.3 is 6.61 Å². The van der Waals surface area contributed by atoms with Gasteiger partial charge in [0.25, 0.3) is 0 Å². The Morgan fingerprint density at radius 3 is 2.58 bits per heavy atom. The largest absolute Gasteiger partial charge is 0.443 e. The molecule has 0 N–H and O–H groups in total.